The second-order valence-electron chi connectivity index (χ2n) is 7.00. The number of aliphatic hydroxyl groups is 1. The van der Waals surface area contributed by atoms with Crippen LogP contribution in [0, 0.1) is 5.41 Å². The molecule has 1 atom stereocenters. The Labute approximate surface area is 118 Å². The van der Waals surface area contributed by atoms with E-state index < -0.39 is 5.60 Å². The largest absolute Gasteiger partial charge is 0.388 e. The van der Waals surface area contributed by atoms with Gasteiger partial charge in [-0.15, -0.1) is 0 Å². The van der Waals surface area contributed by atoms with E-state index in [0.717, 1.165) is 30.2 Å². The van der Waals surface area contributed by atoms with Crippen molar-refractivity contribution < 1.29 is 5.11 Å². The van der Waals surface area contributed by atoms with Gasteiger partial charge in [-0.25, -0.2) is 4.98 Å². The summed E-state index contributed by atoms with van der Waals surface area (Å²) in [5.41, 5.74) is -0.345. The summed E-state index contributed by atoms with van der Waals surface area (Å²) in [5, 5.41) is 14.8. The Kier molecular flexibility index (Phi) is 3.29. The van der Waals surface area contributed by atoms with Crippen LogP contribution in [0.25, 0.3) is 0 Å². The molecule has 2 aliphatic carbocycles. The van der Waals surface area contributed by atoms with E-state index in [1.165, 1.54) is 30.8 Å². The van der Waals surface area contributed by atoms with Gasteiger partial charge < -0.3 is 10.4 Å². The van der Waals surface area contributed by atoms with Crippen LogP contribution in [-0.2, 0) is 0 Å². The Morgan fingerprint density at radius 1 is 1.37 bits per heavy atom. The van der Waals surface area contributed by atoms with Gasteiger partial charge in [-0.05, 0) is 43.9 Å². The molecule has 5 heteroatoms. The van der Waals surface area contributed by atoms with Crippen LogP contribution >= 0.6 is 11.5 Å². The third kappa shape index (κ3) is 3.26. The van der Waals surface area contributed by atoms with E-state index in [2.05, 4.69) is 28.5 Å². The number of hydrogen-bond acceptors (Lipinski definition) is 5. The van der Waals surface area contributed by atoms with Crippen molar-refractivity contribution in [1.29, 1.82) is 0 Å². The molecule has 1 aromatic heterocycles. The lowest BCUT2D eigenvalue weighted by atomic mass is 9.70. The van der Waals surface area contributed by atoms with Crippen LogP contribution < -0.4 is 5.32 Å². The Balaban J connectivity index is 1.58. The minimum Gasteiger partial charge on any atom is -0.388 e. The summed E-state index contributed by atoms with van der Waals surface area (Å²) < 4.78 is 4.38. The molecule has 0 bridgehead atoms. The SMILES string of the molecule is CC1(C)CCCC(O)(CNc2nc(C3CC3)ns2)C1. The fourth-order valence-corrected chi connectivity index (χ4v) is 3.81. The van der Waals surface area contributed by atoms with E-state index >= 15 is 0 Å². The van der Waals surface area contributed by atoms with Crippen LogP contribution in [0.15, 0.2) is 0 Å². The number of anilines is 1. The zero-order valence-electron chi connectivity index (χ0n) is 11.8. The summed E-state index contributed by atoms with van der Waals surface area (Å²) in [6, 6.07) is 0. The highest BCUT2D eigenvalue weighted by atomic mass is 32.1. The topological polar surface area (TPSA) is 58.0 Å². The molecule has 0 spiro atoms. The molecule has 3 rings (SSSR count). The molecule has 0 aliphatic heterocycles. The summed E-state index contributed by atoms with van der Waals surface area (Å²) in [6.45, 7) is 5.08. The quantitative estimate of drug-likeness (QED) is 0.890. The number of rotatable bonds is 4. The zero-order chi connectivity index (χ0) is 13.5. The number of nitrogens with one attached hydrogen (secondary N) is 1. The molecule has 1 heterocycles. The summed E-state index contributed by atoms with van der Waals surface area (Å²) in [6.07, 6.45) is 6.52. The first-order valence-electron chi connectivity index (χ1n) is 7.26. The van der Waals surface area contributed by atoms with Crippen LogP contribution in [-0.4, -0.2) is 26.6 Å². The number of aromatic nitrogens is 2. The van der Waals surface area contributed by atoms with E-state index in [0.29, 0.717) is 12.5 Å². The maximum Gasteiger partial charge on any atom is 0.202 e. The molecule has 0 radical (unpaired) electrons. The second kappa shape index (κ2) is 4.70. The van der Waals surface area contributed by atoms with Gasteiger partial charge in [0.25, 0.3) is 0 Å². The highest BCUT2D eigenvalue weighted by Crippen LogP contribution is 2.41. The summed E-state index contributed by atoms with van der Waals surface area (Å²) in [7, 11) is 0. The highest BCUT2D eigenvalue weighted by Gasteiger charge is 2.38. The second-order valence-corrected chi connectivity index (χ2v) is 7.76. The van der Waals surface area contributed by atoms with Crippen molar-refractivity contribution in [2.45, 2.75) is 63.9 Å². The Hall–Kier alpha value is -0.680. The van der Waals surface area contributed by atoms with Gasteiger partial charge in [-0.2, -0.15) is 4.37 Å². The van der Waals surface area contributed by atoms with Crippen LogP contribution in [0.4, 0.5) is 5.13 Å². The maximum absolute atomic E-state index is 10.7. The first-order chi connectivity index (χ1) is 8.96. The maximum atomic E-state index is 10.7. The van der Waals surface area contributed by atoms with E-state index in [1.54, 1.807) is 0 Å². The van der Waals surface area contributed by atoms with Gasteiger partial charge in [0.05, 0.1) is 5.60 Å². The number of nitrogens with zero attached hydrogens (tertiary/aromatic N) is 2. The van der Waals surface area contributed by atoms with Gasteiger partial charge in [0, 0.05) is 24.0 Å². The van der Waals surface area contributed by atoms with Gasteiger partial charge in [0.1, 0.15) is 5.82 Å². The van der Waals surface area contributed by atoms with Crippen molar-refractivity contribution in [1.82, 2.24) is 9.36 Å². The highest BCUT2D eigenvalue weighted by molar-refractivity contribution is 7.09. The van der Waals surface area contributed by atoms with Crippen molar-refractivity contribution in [3.63, 3.8) is 0 Å². The fourth-order valence-electron chi connectivity index (χ4n) is 3.17. The molecule has 2 N–H and O–H groups in total. The van der Waals surface area contributed by atoms with Crippen molar-refractivity contribution in [2.24, 2.45) is 5.41 Å². The van der Waals surface area contributed by atoms with E-state index in [4.69, 9.17) is 0 Å². The third-order valence-electron chi connectivity index (χ3n) is 4.26. The molecule has 4 nitrogen and oxygen atoms in total. The van der Waals surface area contributed by atoms with Gasteiger partial charge in [0.15, 0.2) is 0 Å². The van der Waals surface area contributed by atoms with Crippen molar-refractivity contribution in [3.05, 3.63) is 5.82 Å². The Morgan fingerprint density at radius 3 is 2.84 bits per heavy atom. The molecule has 2 aliphatic rings. The smallest absolute Gasteiger partial charge is 0.202 e. The van der Waals surface area contributed by atoms with Crippen LogP contribution in [0.1, 0.15) is 64.1 Å². The van der Waals surface area contributed by atoms with E-state index in [9.17, 15) is 5.11 Å². The first-order valence-corrected chi connectivity index (χ1v) is 8.03. The zero-order valence-corrected chi connectivity index (χ0v) is 12.6. The van der Waals surface area contributed by atoms with Gasteiger partial charge in [-0.1, -0.05) is 13.8 Å². The lowest BCUT2D eigenvalue weighted by molar-refractivity contribution is -0.0278. The van der Waals surface area contributed by atoms with Gasteiger partial charge >= 0.3 is 0 Å². The summed E-state index contributed by atoms with van der Waals surface area (Å²) >= 11 is 1.42. The molecule has 0 aromatic carbocycles. The Morgan fingerprint density at radius 2 is 2.16 bits per heavy atom. The van der Waals surface area contributed by atoms with Crippen molar-refractivity contribution in [3.8, 4) is 0 Å². The molecular weight excluding hydrogens is 258 g/mol. The predicted molar refractivity (Wildman–Crippen MR) is 77.6 cm³/mol. The predicted octanol–water partition coefficient (Wildman–Crippen LogP) is 3.16. The molecule has 106 valence electrons. The number of hydrogen-bond donors (Lipinski definition) is 2. The lowest BCUT2D eigenvalue weighted by Crippen LogP contribution is -2.44. The Bertz CT molecular complexity index is 455. The van der Waals surface area contributed by atoms with Crippen LogP contribution in [0.2, 0.25) is 0 Å². The molecule has 2 saturated carbocycles. The average molecular weight is 281 g/mol. The molecule has 1 unspecified atom stereocenters. The van der Waals surface area contributed by atoms with Crippen molar-refractivity contribution in [2.75, 3.05) is 11.9 Å². The fraction of sp³-hybridized carbons (Fsp3) is 0.857. The lowest BCUT2D eigenvalue weighted by Gasteiger charge is -2.41. The minimum atomic E-state index is -0.590. The molecular formula is C14H23N3OS. The van der Waals surface area contributed by atoms with E-state index in [-0.39, 0.29) is 5.41 Å². The molecule has 0 amide bonds. The van der Waals surface area contributed by atoms with Crippen molar-refractivity contribution >= 4 is 16.7 Å². The summed E-state index contributed by atoms with van der Waals surface area (Å²) in [5.74, 6) is 1.59. The first kappa shape index (κ1) is 13.3. The third-order valence-corrected chi connectivity index (χ3v) is 4.94. The van der Waals surface area contributed by atoms with Crippen LogP contribution in [0.5, 0.6) is 0 Å². The molecule has 1 aromatic rings. The molecule has 0 saturated heterocycles. The van der Waals surface area contributed by atoms with Crippen LogP contribution in [0.3, 0.4) is 0 Å². The monoisotopic (exact) mass is 281 g/mol. The molecule has 2 fully saturated rings. The standard InChI is InChI=1S/C14H23N3OS/c1-13(2)6-3-7-14(18,8-13)9-15-12-16-11(17-19-12)10-4-5-10/h10,18H,3-9H2,1-2H3,(H,15,16,17). The van der Waals surface area contributed by atoms with E-state index in [1.807, 2.05) is 0 Å². The average Bonchev–Trinajstić information content (AvgIpc) is 3.05. The summed E-state index contributed by atoms with van der Waals surface area (Å²) in [4.78, 5) is 4.51. The molecule has 19 heavy (non-hydrogen) atoms. The normalized spacial score (nSPS) is 30.3. The van der Waals surface area contributed by atoms with Gasteiger partial charge in [-0.3, -0.25) is 0 Å². The van der Waals surface area contributed by atoms with Gasteiger partial charge in [0.2, 0.25) is 5.13 Å². The minimum absolute atomic E-state index is 0.245.